The Balaban J connectivity index is 1.98. The normalized spacial score (nSPS) is 20.6. The van der Waals surface area contributed by atoms with E-state index < -0.39 is 0 Å². The maximum atomic E-state index is 9.23. The average molecular weight is 350 g/mol. The molecule has 1 N–H and O–H groups in total. The lowest BCUT2D eigenvalue weighted by Gasteiger charge is -2.37. The summed E-state index contributed by atoms with van der Waals surface area (Å²) >= 11 is 12.3. The predicted octanol–water partition coefficient (Wildman–Crippen LogP) is 4.88. The Morgan fingerprint density at radius 2 is 1.78 bits per heavy atom. The van der Waals surface area contributed by atoms with Crippen LogP contribution in [0.15, 0.2) is 42.5 Å². The number of rotatable bonds is 4. The monoisotopic (exact) mass is 349 g/mol. The first-order valence-corrected chi connectivity index (χ1v) is 8.72. The second kappa shape index (κ2) is 7.23. The highest BCUT2D eigenvalue weighted by atomic mass is 35.5. The summed E-state index contributed by atoms with van der Waals surface area (Å²) in [7, 11) is 2.08. The second-order valence-corrected chi connectivity index (χ2v) is 6.97. The van der Waals surface area contributed by atoms with Crippen LogP contribution in [0.5, 0.6) is 0 Å². The van der Waals surface area contributed by atoms with Crippen molar-refractivity contribution in [2.24, 2.45) is 0 Å². The van der Waals surface area contributed by atoms with Gasteiger partial charge in [0.25, 0.3) is 0 Å². The molecule has 0 saturated carbocycles. The molecule has 1 aliphatic rings. The van der Waals surface area contributed by atoms with Gasteiger partial charge in [0.1, 0.15) is 0 Å². The van der Waals surface area contributed by atoms with Gasteiger partial charge < -0.3 is 5.11 Å². The molecule has 122 valence electrons. The smallest absolute Gasteiger partial charge is 0.0595 e. The molecule has 0 bridgehead atoms. The lowest BCUT2D eigenvalue weighted by Crippen LogP contribution is -2.31. The quantitative estimate of drug-likeness (QED) is 0.849. The van der Waals surface area contributed by atoms with Crippen LogP contribution in [-0.2, 0) is 0 Å². The maximum absolute atomic E-state index is 9.23. The van der Waals surface area contributed by atoms with Gasteiger partial charge >= 0.3 is 0 Å². The molecule has 0 aliphatic heterocycles. The Morgan fingerprint density at radius 1 is 1.04 bits per heavy atom. The van der Waals surface area contributed by atoms with Crippen LogP contribution in [0.2, 0.25) is 10.0 Å². The molecule has 3 rings (SSSR count). The number of aliphatic hydroxyl groups is 1. The van der Waals surface area contributed by atoms with Crippen LogP contribution in [-0.4, -0.2) is 30.2 Å². The molecule has 2 atom stereocenters. The van der Waals surface area contributed by atoms with Crippen molar-refractivity contribution in [2.75, 3.05) is 20.2 Å². The first kappa shape index (κ1) is 16.8. The van der Waals surface area contributed by atoms with E-state index >= 15 is 0 Å². The van der Waals surface area contributed by atoms with Crippen molar-refractivity contribution in [3.8, 4) is 0 Å². The molecule has 0 amide bonds. The van der Waals surface area contributed by atoms with Gasteiger partial charge in [0.15, 0.2) is 0 Å². The fourth-order valence-corrected chi connectivity index (χ4v) is 3.92. The number of benzene rings is 2. The predicted molar refractivity (Wildman–Crippen MR) is 96.4 cm³/mol. The molecule has 0 aromatic heterocycles. The Bertz CT molecular complexity index is 689. The Labute approximate surface area is 147 Å². The number of nitrogens with zero attached hydrogens (tertiary/aromatic N) is 1. The van der Waals surface area contributed by atoms with E-state index in [2.05, 4.69) is 42.3 Å². The third kappa shape index (κ3) is 3.41. The maximum Gasteiger partial charge on any atom is 0.0595 e. The van der Waals surface area contributed by atoms with Crippen LogP contribution >= 0.6 is 23.2 Å². The summed E-state index contributed by atoms with van der Waals surface area (Å²) in [4.78, 5) is 2.24. The van der Waals surface area contributed by atoms with Gasteiger partial charge in [0.2, 0.25) is 0 Å². The van der Waals surface area contributed by atoms with Gasteiger partial charge in [-0.1, -0.05) is 53.5 Å². The van der Waals surface area contributed by atoms with E-state index in [1.165, 1.54) is 16.7 Å². The molecular formula is C19H21Cl2NO. The van der Waals surface area contributed by atoms with Crippen LogP contribution in [0.4, 0.5) is 0 Å². The largest absolute Gasteiger partial charge is 0.395 e. The molecule has 2 aromatic rings. The summed E-state index contributed by atoms with van der Waals surface area (Å²) in [5.74, 6) is 0.347. The van der Waals surface area contributed by atoms with Crippen molar-refractivity contribution in [3.05, 3.63) is 69.2 Å². The lowest BCUT2D eigenvalue weighted by molar-refractivity contribution is 0.166. The van der Waals surface area contributed by atoms with E-state index in [1.807, 2.05) is 12.1 Å². The van der Waals surface area contributed by atoms with E-state index in [1.54, 1.807) is 0 Å². The van der Waals surface area contributed by atoms with Gasteiger partial charge in [-0.2, -0.15) is 0 Å². The first-order chi connectivity index (χ1) is 11.1. The molecule has 4 heteroatoms. The second-order valence-electron chi connectivity index (χ2n) is 6.15. The molecule has 0 spiro atoms. The average Bonchev–Trinajstić information content (AvgIpc) is 2.56. The van der Waals surface area contributed by atoms with Crippen LogP contribution < -0.4 is 0 Å². The topological polar surface area (TPSA) is 23.5 Å². The van der Waals surface area contributed by atoms with E-state index in [0.717, 1.165) is 12.8 Å². The fraction of sp³-hybridized carbons (Fsp3) is 0.368. The first-order valence-electron chi connectivity index (χ1n) is 7.96. The zero-order chi connectivity index (χ0) is 16.4. The lowest BCUT2D eigenvalue weighted by atomic mass is 9.76. The number of hydrogen-bond donors (Lipinski definition) is 1. The number of hydrogen-bond acceptors (Lipinski definition) is 2. The highest BCUT2D eigenvalue weighted by molar-refractivity contribution is 6.42. The molecule has 2 aromatic carbocycles. The summed E-state index contributed by atoms with van der Waals surface area (Å²) in [6, 6.07) is 14.9. The number of halogens is 2. The molecular weight excluding hydrogens is 329 g/mol. The molecule has 0 radical (unpaired) electrons. The van der Waals surface area contributed by atoms with Crippen molar-refractivity contribution in [2.45, 2.75) is 24.8 Å². The van der Waals surface area contributed by atoms with Crippen molar-refractivity contribution in [1.82, 2.24) is 4.90 Å². The number of likely N-dealkylation sites (N-methyl/N-ethyl adjacent to an activating group) is 1. The molecule has 23 heavy (non-hydrogen) atoms. The minimum Gasteiger partial charge on any atom is -0.395 e. The van der Waals surface area contributed by atoms with Crippen molar-refractivity contribution in [3.63, 3.8) is 0 Å². The molecule has 0 fully saturated rings. The third-order valence-electron chi connectivity index (χ3n) is 4.79. The molecule has 0 unspecified atom stereocenters. The minimum atomic E-state index is 0.186. The molecule has 1 aliphatic carbocycles. The van der Waals surface area contributed by atoms with Crippen LogP contribution in [0.3, 0.4) is 0 Å². The Kier molecular flexibility index (Phi) is 5.27. The van der Waals surface area contributed by atoms with Crippen LogP contribution in [0.25, 0.3) is 0 Å². The Hall–Kier alpha value is -1.06. The van der Waals surface area contributed by atoms with Crippen molar-refractivity contribution >= 4 is 23.2 Å². The van der Waals surface area contributed by atoms with E-state index in [4.69, 9.17) is 23.2 Å². The van der Waals surface area contributed by atoms with Crippen molar-refractivity contribution in [1.29, 1.82) is 0 Å². The summed E-state index contributed by atoms with van der Waals surface area (Å²) in [6.07, 6.45) is 2.13. The highest BCUT2D eigenvalue weighted by Gasteiger charge is 2.30. The summed E-state index contributed by atoms with van der Waals surface area (Å²) in [6.45, 7) is 0.877. The molecule has 0 heterocycles. The van der Waals surface area contributed by atoms with Gasteiger partial charge in [-0.15, -0.1) is 0 Å². The number of aliphatic hydroxyl groups excluding tert-OH is 1. The van der Waals surface area contributed by atoms with E-state index in [9.17, 15) is 5.11 Å². The van der Waals surface area contributed by atoms with Crippen LogP contribution in [0, 0.1) is 0 Å². The summed E-state index contributed by atoms with van der Waals surface area (Å²) in [5.41, 5.74) is 3.92. The van der Waals surface area contributed by atoms with Crippen LogP contribution in [0.1, 0.15) is 41.5 Å². The fourth-order valence-electron chi connectivity index (χ4n) is 3.61. The summed E-state index contributed by atoms with van der Waals surface area (Å²) in [5, 5.41) is 10.4. The number of fused-ring (bicyclic) bond motifs is 1. The third-order valence-corrected chi connectivity index (χ3v) is 5.53. The van der Waals surface area contributed by atoms with Gasteiger partial charge in [0.05, 0.1) is 16.7 Å². The SMILES string of the molecule is CN(CCO)[C@H]1CC[C@@H](c2ccc(Cl)c(Cl)c2)c2ccccc21. The van der Waals surface area contributed by atoms with Gasteiger partial charge in [-0.25, -0.2) is 0 Å². The molecule has 0 saturated heterocycles. The van der Waals surface area contributed by atoms with Crippen molar-refractivity contribution < 1.29 is 5.11 Å². The van der Waals surface area contributed by atoms with E-state index in [-0.39, 0.29) is 6.61 Å². The zero-order valence-electron chi connectivity index (χ0n) is 13.2. The summed E-state index contributed by atoms with van der Waals surface area (Å²) < 4.78 is 0. The van der Waals surface area contributed by atoms with Gasteiger partial charge in [-0.3, -0.25) is 4.90 Å². The van der Waals surface area contributed by atoms with Gasteiger partial charge in [-0.05, 0) is 48.7 Å². The van der Waals surface area contributed by atoms with Gasteiger partial charge in [0, 0.05) is 18.5 Å². The highest BCUT2D eigenvalue weighted by Crippen LogP contribution is 2.43. The Morgan fingerprint density at radius 3 is 2.48 bits per heavy atom. The molecule has 2 nitrogen and oxygen atoms in total. The zero-order valence-corrected chi connectivity index (χ0v) is 14.7. The minimum absolute atomic E-state index is 0.186. The standard InChI is InChI=1S/C19H21Cl2NO/c1-22(10-11-23)19-9-7-14(15-4-2-3-5-16(15)19)13-6-8-17(20)18(21)12-13/h2-6,8,12,14,19,23H,7,9-11H2,1H3/t14-,19-/m0/s1. The van der Waals surface area contributed by atoms with E-state index in [0.29, 0.717) is 28.5 Å².